The highest BCUT2D eigenvalue weighted by Crippen LogP contribution is 2.21. The molecule has 1 aromatic rings. The Morgan fingerprint density at radius 1 is 1.35 bits per heavy atom. The number of likely N-dealkylation sites (tertiary alicyclic amines) is 1. The maximum Gasteiger partial charge on any atom is 0.303 e. The molecular formula is C13H20N4O3. The molecule has 1 saturated heterocycles. The largest absolute Gasteiger partial charge is 0.481 e. The quantitative estimate of drug-likeness (QED) is 0.831. The lowest BCUT2D eigenvalue weighted by atomic mass is 9.93. The molecule has 1 atom stereocenters. The smallest absolute Gasteiger partial charge is 0.303 e. The molecule has 1 aliphatic heterocycles. The number of amides is 1. The van der Waals surface area contributed by atoms with Crippen molar-refractivity contribution >= 4 is 11.9 Å². The second kappa shape index (κ2) is 7.02. The van der Waals surface area contributed by atoms with E-state index in [9.17, 15) is 9.59 Å². The molecule has 1 unspecified atom stereocenters. The van der Waals surface area contributed by atoms with Crippen LogP contribution in [0.1, 0.15) is 32.1 Å². The highest BCUT2D eigenvalue weighted by Gasteiger charge is 2.23. The molecule has 1 aliphatic rings. The summed E-state index contributed by atoms with van der Waals surface area (Å²) in [4.78, 5) is 28.4. The Kier molecular flexibility index (Phi) is 5.09. The summed E-state index contributed by atoms with van der Waals surface area (Å²) in [5.41, 5.74) is 0. The van der Waals surface area contributed by atoms with Gasteiger partial charge in [0.2, 0.25) is 5.91 Å². The van der Waals surface area contributed by atoms with E-state index in [1.807, 2.05) is 4.90 Å². The highest BCUT2D eigenvalue weighted by molar-refractivity contribution is 5.76. The SMILES string of the molecule is O=C(O)CCC1CCCN(C(=O)CCn2cncn2)C1. The number of hydrogen-bond donors (Lipinski definition) is 1. The summed E-state index contributed by atoms with van der Waals surface area (Å²) in [6.45, 7) is 2.00. The van der Waals surface area contributed by atoms with Gasteiger partial charge in [-0.05, 0) is 25.2 Å². The van der Waals surface area contributed by atoms with Gasteiger partial charge in [0.15, 0.2) is 0 Å². The second-order valence-corrected chi connectivity index (χ2v) is 5.19. The van der Waals surface area contributed by atoms with Crippen LogP contribution in [0, 0.1) is 5.92 Å². The lowest BCUT2D eigenvalue weighted by Crippen LogP contribution is -2.40. The van der Waals surface area contributed by atoms with E-state index < -0.39 is 5.97 Å². The molecule has 20 heavy (non-hydrogen) atoms. The number of aliphatic carboxylic acids is 1. The zero-order chi connectivity index (χ0) is 14.4. The number of carbonyl (C=O) groups excluding carboxylic acids is 1. The van der Waals surface area contributed by atoms with Crippen LogP contribution in [-0.4, -0.2) is 49.7 Å². The van der Waals surface area contributed by atoms with Crippen molar-refractivity contribution < 1.29 is 14.7 Å². The Labute approximate surface area is 117 Å². The number of carboxylic acids is 1. The standard InChI is InChI=1S/C13H20N4O3/c18-12(5-7-17-10-14-9-15-17)16-6-1-2-11(8-16)3-4-13(19)20/h9-11H,1-8H2,(H,19,20). The summed E-state index contributed by atoms with van der Waals surface area (Å²) in [6, 6.07) is 0. The fourth-order valence-corrected chi connectivity index (χ4v) is 2.57. The number of hydrogen-bond acceptors (Lipinski definition) is 4. The minimum atomic E-state index is -0.764. The van der Waals surface area contributed by atoms with Gasteiger partial charge >= 0.3 is 5.97 Å². The third-order valence-electron chi connectivity index (χ3n) is 3.66. The van der Waals surface area contributed by atoms with Crippen LogP contribution in [0.3, 0.4) is 0 Å². The third-order valence-corrected chi connectivity index (χ3v) is 3.66. The summed E-state index contributed by atoms with van der Waals surface area (Å²) in [6.07, 6.45) is 6.27. The molecule has 7 nitrogen and oxygen atoms in total. The number of piperidine rings is 1. The molecule has 0 aromatic carbocycles. The molecule has 0 spiro atoms. The maximum absolute atomic E-state index is 12.1. The molecule has 0 saturated carbocycles. The van der Waals surface area contributed by atoms with Crippen LogP contribution in [0.25, 0.3) is 0 Å². The fourth-order valence-electron chi connectivity index (χ4n) is 2.57. The summed E-state index contributed by atoms with van der Waals surface area (Å²) < 4.78 is 1.64. The van der Waals surface area contributed by atoms with Crippen molar-refractivity contribution in [2.75, 3.05) is 13.1 Å². The fraction of sp³-hybridized carbons (Fsp3) is 0.692. The second-order valence-electron chi connectivity index (χ2n) is 5.19. The Morgan fingerprint density at radius 3 is 2.90 bits per heavy atom. The summed E-state index contributed by atoms with van der Waals surface area (Å²) >= 11 is 0. The van der Waals surface area contributed by atoms with E-state index in [0.717, 1.165) is 19.4 Å². The van der Waals surface area contributed by atoms with Crippen LogP contribution in [0.5, 0.6) is 0 Å². The molecule has 110 valence electrons. The van der Waals surface area contributed by atoms with E-state index in [-0.39, 0.29) is 12.3 Å². The van der Waals surface area contributed by atoms with Gasteiger partial charge in [0, 0.05) is 25.9 Å². The van der Waals surface area contributed by atoms with E-state index in [0.29, 0.717) is 31.8 Å². The Morgan fingerprint density at radius 2 is 2.20 bits per heavy atom. The van der Waals surface area contributed by atoms with Crippen molar-refractivity contribution in [1.29, 1.82) is 0 Å². The molecule has 1 N–H and O–H groups in total. The molecule has 2 rings (SSSR count). The van der Waals surface area contributed by atoms with Gasteiger partial charge in [0.05, 0.1) is 6.54 Å². The molecule has 0 bridgehead atoms. The average Bonchev–Trinajstić information content (AvgIpc) is 2.96. The molecular weight excluding hydrogens is 260 g/mol. The van der Waals surface area contributed by atoms with Crippen LogP contribution in [0.15, 0.2) is 12.7 Å². The first-order valence-corrected chi connectivity index (χ1v) is 6.97. The number of carboxylic acid groups (broad SMARTS) is 1. The number of nitrogens with zero attached hydrogens (tertiary/aromatic N) is 4. The minimum absolute atomic E-state index is 0.112. The van der Waals surface area contributed by atoms with Crippen molar-refractivity contribution in [3.63, 3.8) is 0 Å². The topological polar surface area (TPSA) is 88.3 Å². The van der Waals surface area contributed by atoms with E-state index in [2.05, 4.69) is 10.1 Å². The lowest BCUT2D eigenvalue weighted by Gasteiger charge is -2.32. The molecule has 0 radical (unpaired) electrons. The molecule has 2 heterocycles. The van der Waals surface area contributed by atoms with Crippen LogP contribution in [0.2, 0.25) is 0 Å². The predicted octanol–water partition coefficient (Wildman–Crippen LogP) is 0.772. The Hall–Kier alpha value is -1.92. The number of rotatable bonds is 6. The van der Waals surface area contributed by atoms with Gasteiger partial charge in [-0.15, -0.1) is 0 Å². The zero-order valence-corrected chi connectivity index (χ0v) is 11.4. The van der Waals surface area contributed by atoms with Gasteiger partial charge in [-0.2, -0.15) is 5.10 Å². The number of carbonyl (C=O) groups is 2. The molecule has 7 heteroatoms. The van der Waals surface area contributed by atoms with E-state index >= 15 is 0 Å². The minimum Gasteiger partial charge on any atom is -0.481 e. The molecule has 1 amide bonds. The number of aromatic nitrogens is 3. The summed E-state index contributed by atoms with van der Waals surface area (Å²) in [5, 5.41) is 12.7. The first kappa shape index (κ1) is 14.5. The summed E-state index contributed by atoms with van der Waals surface area (Å²) in [7, 11) is 0. The van der Waals surface area contributed by atoms with Gasteiger partial charge in [-0.25, -0.2) is 4.98 Å². The normalized spacial score (nSPS) is 19.0. The Bertz CT molecular complexity index is 446. The molecule has 1 aromatic heterocycles. The van der Waals surface area contributed by atoms with E-state index in [1.165, 1.54) is 6.33 Å². The average molecular weight is 280 g/mol. The van der Waals surface area contributed by atoms with E-state index in [1.54, 1.807) is 11.0 Å². The lowest BCUT2D eigenvalue weighted by molar-refractivity contribution is -0.137. The van der Waals surface area contributed by atoms with Crippen molar-refractivity contribution in [3.8, 4) is 0 Å². The summed E-state index contributed by atoms with van der Waals surface area (Å²) in [5.74, 6) is -0.338. The third kappa shape index (κ3) is 4.32. The molecule has 1 fully saturated rings. The molecule has 0 aliphatic carbocycles. The van der Waals surface area contributed by atoms with Crippen molar-refractivity contribution in [2.45, 2.75) is 38.6 Å². The van der Waals surface area contributed by atoms with E-state index in [4.69, 9.17) is 5.11 Å². The Balaban J connectivity index is 1.76. The van der Waals surface area contributed by atoms with Gasteiger partial charge in [0.25, 0.3) is 0 Å². The first-order valence-electron chi connectivity index (χ1n) is 6.97. The van der Waals surface area contributed by atoms with Crippen molar-refractivity contribution in [3.05, 3.63) is 12.7 Å². The van der Waals surface area contributed by atoms with Gasteiger partial charge < -0.3 is 10.0 Å². The van der Waals surface area contributed by atoms with Crippen LogP contribution < -0.4 is 0 Å². The van der Waals surface area contributed by atoms with Gasteiger partial charge in [0.1, 0.15) is 12.7 Å². The van der Waals surface area contributed by atoms with Crippen LogP contribution in [0.4, 0.5) is 0 Å². The first-order chi connectivity index (χ1) is 9.65. The van der Waals surface area contributed by atoms with Gasteiger partial charge in [-0.1, -0.05) is 0 Å². The zero-order valence-electron chi connectivity index (χ0n) is 11.4. The van der Waals surface area contributed by atoms with Crippen LogP contribution >= 0.6 is 0 Å². The van der Waals surface area contributed by atoms with Crippen LogP contribution in [-0.2, 0) is 16.1 Å². The predicted molar refractivity (Wildman–Crippen MR) is 70.8 cm³/mol. The van der Waals surface area contributed by atoms with Crippen molar-refractivity contribution in [1.82, 2.24) is 19.7 Å². The number of aryl methyl sites for hydroxylation is 1. The maximum atomic E-state index is 12.1. The highest BCUT2D eigenvalue weighted by atomic mass is 16.4. The van der Waals surface area contributed by atoms with Gasteiger partial charge in [-0.3, -0.25) is 14.3 Å². The van der Waals surface area contributed by atoms with Crippen molar-refractivity contribution in [2.24, 2.45) is 5.92 Å². The monoisotopic (exact) mass is 280 g/mol.